The number of hydrogen-bond donors (Lipinski definition) is 3. The standard InChI is InChI=1S/C23H19N3O4/c1-30-17-12-13-18-19(14-17)26(23(29)25-16-10-6-3-7-11-16)22(28)20(18)21(27)24-15-8-4-2-5-9-15/h2-14,28H,1H3,(H,24,27)(H,25,29). The van der Waals surface area contributed by atoms with Gasteiger partial charge in [-0.05, 0) is 36.4 Å². The van der Waals surface area contributed by atoms with Crippen molar-refractivity contribution in [1.29, 1.82) is 0 Å². The minimum atomic E-state index is -0.601. The lowest BCUT2D eigenvalue weighted by Gasteiger charge is -2.09. The van der Waals surface area contributed by atoms with E-state index in [1.54, 1.807) is 66.7 Å². The average molecular weight is 401 g/mol. The summed E-state index contributed by atoms with van der Waals surface area (Å²) in [7, 11) is 1.50. The Balaban J connectivity index is 1.80. The first-order chi connectivity index (χ1) is 14.6. The first-order valence-corrected chi connectivity index (χ1v) is 9.22. The topological polar surface area (TPSA) is 92.6 Å². The lowest BCUT2D eigenvalue weighted by molar-refractivity contribution is 0.102. The van der Waals surface area contributed by atoms with E-state index in [0.29, 0.717) is 28.0 Å². The van der Waals surface area contributed by atoms with Crippen molar-refractivity contribution in [1.82, 2.24) is 4.57 Å². The molecular formula is C23H19N3O4. The van der Waals surface area contributed by atoms with E-state index in [4.69, 9.17) is 4.74 Å². The summed E-state index contributed by atoms with van der Waals surface area (Å²) >= 11 is 0. The van der Waals surface area contributed by atoms with E-state index in [9.17, 15) is 14.7 Å². The molecule has 0 unspecified atom stereocenters. The van der Waals surface area contributed by atoms with Gasteiger partial charge in [0.1, 0.15) is 11.3 Å². The van der Waals surface area contributed by atoms with Crippen LogP contribution in [0.4, 0.5) is 16.2 Å². The highest BCUT2D eigenvalue weighted by molar-refractivity contribution is 6.17. The highest BCUT2D eigenvalue weighted by atomic mass is 16.5. The van der Waals surface area contributed by atoms with Crippen molar-refractivity contribution in [2.75, 3.05) is 17.7 Å². The quantitative estimate of drug-likeness (QED) is 0.463. The van der Waals surface area contributed by atoms with Crippen molar-refractivity contribution in [3.63, 3.8) is 0 Å². The second kappa shape index (κ2) is 8.00. The lowest BCUT2D eigenvalue weighted by Crippen LogP contribution is -2.19. The molecule has 1 heterocycles. The van der Waals surface area contributed by atoms with E-state index < -0.39 is 17.8 Å². The fourth-order valence-corrected chi connectivity index (χ4v) is 3.23. The number of benzene rings is 3. The van der Waals surface area contributed by atoms with Gasteiger partial charge in [0.05, 0.1) is 12.6 Å². The van der Waals surface area contributed by atoms with Crippen LogP contribution in [0.1, 0.15) is 10.4 Å². The summed E-state index contributed by atoms with van der Waals surface area (Å²) in [6.45, 7) is 0. The molecule has 3 N–H and O–H groups in total. The molecule has 2 amide bonds. The third-order valence-corrected chi connectivity index (χ3v) is 4.64. The number of carbonyl (C=O) groups is 2. The Labute approximate surface area is 172 Å². The monoisotopic (exact) mass is 401 g/mol. The molecule has 0 aliphatic heterocycles. The summed E-state index contributed by atoms with van der Waals surface area (Å²) in [5, 5.41) is 16.8. The second-order valence-electron chi connectivity index (χ2n) is 6.53. The summed E-state index contributed by atoms with van der Waals surface area (Å²) in [5.74, 6) is -0.496. The van der Waals surface area contributed by atoms with Crippen molar-refractivity contribution >= 4 is 34.2 Å². The highest BCUT2D eigenvalue weighted by Crippen LogP contribution is 2.34. The number of rotatable bonds is 4. The van der Waals surface area contributed by atoms with Crippen LogP contribution >= 0.6 is 0 Å². The normalized spacial score (nSPS) is 10.6. The largest absolute Gasteiger partial charge is 0.497 e. The van der Waals surface area contributed by atoms with E-state index in [1.165, 1.54) is 7.11 Å². The molecule has 7 heteroatoms. The minimum absolute atomic E-state index is 0.000261. The van der Waals surface area contributed by atoms with Crippen LogP contribution < -0.4 is 15.4 Å². The molecule has 1 aromatic heterocycles. The van der Waals surface area contributed by atoms with Gasteiger partial charge in [0.2, 0.25) is 5.88 Å². The summed E-state index contributed by atoms with van der Waals surface area (Å²) in [5.41, 5.74) is 1.48. The molecule has 0 fully saturated rings. The van der Waals surface area contributed by atoms with Crippen molar-refractivity contribution in [3.8, 4) is 11.6 Å². The fraction of sp³-hybridized carbons (Fsp3) is 0.0435. The van der Waals surface area contributed by atoms with E-state index >= 15 is 0 Å². The molecule has 7 nitrogen and oxygen atoms in total. The number of fused-ring (bicyclic) bond motifs is 1. The van der Waals surface area contributed by atoms with Gasteiger partial charge >= 0.3 is 6.03 Å². The zero-order valence-corrected chi connectivity index (χ0v) is 16.1. The molecule has 0 aliphatic rings. The fourth-order valence-electron chi connectivity index (χ4n) is 3.23. The smallest absolute Gasteiger partial charge is 0.333 e. The maximum Gasteiger partial charge on any atom is 0.333 e. The Kier molecular flexibility index (Phi) is 5.09. The highest BCUT2D eigenvalue weighted by Gasteiger charge is 2.26. The summed E-state index contributed by atoms with van der Waals surface area (Å²) in [6.07, 6.45) is 0. The van der Waals surface area contributed by atoms with Crippen LogP contribution in [0.5, 0.6) is 11.6 Å². The predicted molar refractivity (Wildman–Crippen MR) is 115 cm³/mol. The maximum absolute atomic E-state index is 13.0. The van der Waals surface area contributed by atoms with E-state index in [0.717, 1.165) is 4.57 Å². The van der Waals surface area contributed by atoms with Crippen LogP contribution in [-0.4, -0.2) is 28.7 Å². The number of methoxy groups -OCH3 is 1. The lowest BCUT2D eigenvalue weighted by atomic mass is 10.1. The molecule has 0 atom stereocenters. The summed E-state index contributed by atoms with van der Waals surface area (Å²) in [4.78, 5) is 25.9. The number of carbonyl (C=O) groups excluding carboxylic acids is 2. The summed E-state index contributed by atoms with van der Waals surface area (Å²) in [6, 6.07) is 22.0. The molecule has 0 spiro atoms. The number of aromatic hydroxyl groups is 1. The molecule has 0 aliphatic carbocycles. The molecule has 0 radical (unpaired) electrons. The van der Waals surface area contributed by atoms with Gasteiger partial charge in [-0.25, -0.2) is 9.36 Å². The third kappa shape index (κ3) is 3.56. The Morgan fingerprint density at radius 1 is 0.867 bits per heavy atom. The van der Waals surface area contributed by atoms with Crippen LogP contribution in [0.2, 0.25) is 0 Å². The van der Waals surface area contributed by atoms with Crippen LogP contribution in [0.15, 0.2) is 78.9 Å². The Bertz CT molecular complexity index is 1220. The second-order valence-corrected chi connectivity index (χ2v) is 6.53. The van der Waals surface area contributed by atoms with E-state index in [-0.39, 0.29) is 5.56 Å². The number of aromatic nitrogens is 1. The van der Waals surface area contributed by atoms with E-state index in [1.807, 2.05) is 12.1 Å². The zero-order valence-electron chi connectivity index (χ0n) is 16.1. The van der Waals surface area contributed by atoms with Crippen molar-refractivity contribution in [2.24, 2.45) is 0 Å². The van der Waals surface area contributed by atoms with Gasteiger partial charge in [0, 0.05) is 22.8 Å². The molecule has 4 rings (SSSR count). The van der Waals surface area contributed by atoms with E-state index in [2.05, 4.69) is 10.6 Å². The molecule has 30 heavy (non-hydrogen) atoms. The van der Waals surface area contributed by atoms with Crippen molar-refractivity contribution in [3.05, 3.63) is 84.4 Å². The number of amides is 2. The van der Waals surface area contributed by atoms with Gasteiger partial charge in [-0.15, -0.1) is 0 Å². The van der Waals surface area contributed by atoms with Gasteiger partial charge in [0.15, 0.2) is 0 Å². The van der Waals surface area contributed by atoms with Crippen LogP contribution in [-0.2, 0) is 0 Å². The number of nitrogens with one attached hydrogen (secondary N) is 2. The Morgan fingerprint density at radius 3 is 2.07 bits per heavy atom. The van der Waals surface area contributed by atoms with Gasteiger partial charge in [-0.1, -0.05) is 36.4 Å². The number of hydrogen-bond acceptors (Lipinski definition) is 4. The maximum atomic E-state index is 13.0. The molecule has 0 bridgehead atoms. The number of para-hydroxylation sites is 2. The minimum Gasteiger partial charge on any atom is -0.497 e. The molecule has 0 saturated heterocycles. The molecular weight excluding hydrogens is 382 g/mol. The van der Waals surface area contributed by atoms with Crippen molar-refractivity contribution < 1.29 is 19.4 Å². The predicted octanol–water partition coefficient (Wildman–Crippen LogP) is 4.69. The van der Waals surface area contributed by atoms with Gasteiger partial charge in [-0.3, -0.25) is 4.79 Å². The molecule has 4 aromatic rings. The zero-order chi connectivity index (χ0) is 21.1. The molecule has 150 valence electrons. The van der Waals surface area contributed by atoms with Crippen LogP contribution in [0.25, 0.3) is 10.9 Å². The van der Waals surface area contributed by atoms with Crippen LogP contribution in [0, 0.1) is 0 Å². The number of ether oxygens (including phenoxy) is 1. The molecule has 0 saturated carbocycles. The Morgan fingerprint density at radius 2 is 1.47 bits per heavy atom. The Hall–Kier alpha value is -4.26. The first-order valence-electron chi connectivity index (χ1n) is 9.22. The third-order valence-electron chi connectivity index (χ3n) is 4.64. The number of anilines is 2. The van der Waals surface area contributed by atoms with Crippen molar-refractivity contribution in [2.45, 2.75) is 0 Å². The van der Waals surface area contributed by atoms with Gasteiger partial charge in [-0.2, -0.15) is 0 Å². The number of nitrogens with zero attached hydrogens (tertiary/aromatic N) is 1. The van der Waals surface area contributed by atoms with Gasteiger partial charge < -0.3 is 20.5 Å². The van der Waals surface area contributed by atoms with Gasteiger partial charge in [0.25, 0.3) is 5.91 Å². The SMILES string of the molecule is COc1ccc2c(C(=O)Nc3ccccc3)c(O)n(C(=O)Nc3ccccc3)c2c1. The average Bonchev–Trinajstić information content (AvgIpc) is 3.06. The first kappa shape index (κ1) is 19.1. The van der Waals surface area contributed by atoms with Crippen LogP contribution in [0.3, 0.4) is 0 Å². The summed E-state index contributed by atoms with van der Waals surface area (Å²) < 4.78 is 6.31. The molecule has 3 aromatic carbocycles.